The maximum Gasteiger partial charge on any atom is 0.411 e. The fraction of sp³-hybridized carbons (Fsp3) is 0.397. The van der Waals surface area contributed by atoms with Crippen LogP contribution in [0.3, 0.4) is 0 Å². The SMILES string of the molecule is CC[C@@]1(O)C(=O)OCc2c1cc1n(c2=O)Cc2c-1nc1cc3c(cc1c2COCN(CCS(C)(=O)=O)C(=O)OCc1ccc(O[C@@H]2OC(C(C)=O)[C@@H](C)[C@H](C)C2OC(C)=O)c(NC(=O)CN(C)C(=O)OCC2c4ccccc4-c4ccccc42)c1)OCO3. The van der Waals surface area contributed by atoms with Crippen molar-refractivity contribution in [3.05, 3.63) is 134 Å². The number of esters is 2. The molecule has 88 heavy (non-hydrogen) atoms. The molecule has 4 aromatic carbocycles. The fourth-order valence-corrected chi connectivity index (χ4v) is 12.5. The molecule has 2 N–H and O–H groups in total. The lowest BCUT2D eigenvalue weighted by Crippen LogP contribution is -2.55. The van der Waals surface area contributed by atoms with Crippen molar-refractivity contribution in [1.29, 1.82) is 0 Å². The zero-order valence-corrected chi connectivity index (χ0v) is 50.1. The maximum absolute atomic E-state index is 14.2. The molecule has 1 saturated heterocycles. The van der Waals surface area contributed by atoms with E-state index in [2.05, 4.69) is 5.32 Å². The van der Waals surface area contributed by atoms with Gasteiger partial charge < -0.3 is 62.5 Å². The Labute approximate surface area is 505 Å². The Morgan fingerprint density at radius 3 is 2.25 bits per heavy atom. The molecule has 0 bridgehead atoms. The first-order valence-electron chi connectivity index (χ1n) is 28.6. The van der Waals surface area contributed by atoms with E-state index in [-0.39, 0.29) is 91.9 Å². The number of hydrogen-bond acceptors (Lipinski definition) is 20. The highest BCUT2D eigenvalue weighted by Gasteiger charge is 2.48. The van der Waals surface area contributed by atoms with Crippen LogP contribution in [0.15, 0.2) is 89.7 Å². The van der Waals surface area contributed by atoms with Crippen LogP contribution in [0.5, 0.6) is 17.2 Å². The number of benzene rings is 4. The number of aromatic nitrogens is 2. The minimum Gasteiger partial charge on any atom is -0.459 e. The molecule has 6 atom stereocenters. The molecule has 1 aliphatic carbocycles. The second-order valence-electron chi connectivity index (χ2n) is 22.7. The van der Waals surface area contributed by atoms with Crippen LogP contribution in [0.25, 0.3) is 33.4 Å². The van der Waals surface area contributed by atoms with Gasteiger partial charge in [-0.15, -0.1) is 0 Å². The molecular formula is C63H65N5O19S. The van der Waals surface area contributed by atoms with Crippen molar-refractivity contribution in [1.82, 2.24) is 19.4 Å². The molecule has 2 aromatic heterocycles. The number of likely N-dealkylation sites (N-methyl/N-ethyl adjacent to an activating group) is 1. The lowest BCUT2D eigenvalue weighted by molar-refractivity contribution is -0.241. The van der Waals surface area contributed by atoms with E-state index in [9.17, 15) is 47.1 Å². The number of rotatable bonds is 19. The highest BCUT2D eigenvalue weighted by molar-refractivity contribution is 7.90. The number of cyclic esters (lactones) is 1. The number of aliphatic hydroxyl groups is 1. The van der Waals surface area contributed by atoms with Crippen molar-refractivity contribution in [2.45, 2.75) is 97.4 Å². The molecule has 462 valence electrons. The predicted octanol–water partition coefficient (Wildman–Crippen LogP) is 6.68. The lowest BCUT2D eigenvalue weighted by atomic mass is 9.82. The zero-order chi connectivity index (χ0) is 62.5. The van der Waals surface area contributed by atoms with Crippen LogP contribution in [0, 0.1) is 11.8 Å². The van der Waals surface area contributed by atoms with E-state index in [1.54, 1.807) is 39.0 Å². The Kier molecular flexibility index (Phi) is 16.8. The summed E-state index contributed by atoms with van der Waals surface area (Å²) in [5, 5.41) is 14.8. The summed E-state index contributed by atoms with van der Waals surface area (Å²) in [5.74, 6) is -3.22. The van der Waals surface area contributed by atoms with Crippen LogP contribution in [0.2, 0.25) is 0 Å². The number of amides is 3. The van der Waals surface area contributed by atoms with E-state index in [0.717, 1.165) is 38.3 Å². The number of carbonyl (C=O) groups excluding carboxylic acids is 6. The minimum absolute atomic E-state index is 0.000236. The summed E-state index contributed by atoms with van der Waals surface area (Å²) in [7, 11) is -2.26. The number of Topliss-reactive ketones (excluding diaryl/α,β-unsaturated/α-hetero) is 1. The first kappa shape index (κ1) is 60.8. The van der Waals surface area contributed by atoms with Crippen molar-refractivity contribution in [2.24, 2.45) is 11.8 Å². The minimum atomic E-state index is -3.66. The van der Waals surface area contributed by atoms with Crippen LogP contribution in [0.1, 0.15) is 85.9 Å². The van der Waals surface area contributed by atoms with Gasteiger partial charge in [0.15, 0.2) is 29.0 Å². The Hall–Kier alpha value is -8.91. The van der Waals surface area contributed by atoms with Gasteiger partial charge in [-0.05, 0) is 76.9 Å². The number of ether oxygens (including phenoxy) is 9. The molecule has 5 aliphatic rings. The van der Waals surface area contributed by atoms with Gasteiger partial charge in [0.2, 0.25) is 19.0 Å². The number of ketones is 1. The fourth-order valence-electron chi connectivity index (χ4n) is 11.9. The van der Waals surface area contributed by atoms with Crippen LogP contribution >= 0.6 is 0 Å². The number of hydrogen-bond donors (Lipinski definition) is 2. The molecule has 0 spiro atoms. The average Bonchev–Trinajstić information content (AvgIpc) is 1.52. The number of nitrogens with one attached hydrogen (secondary N) is 1. The quantitative estimate of drug-likeness (QED) is 0.0484. The van der Waals surface area contributed by atoms with Crippen LogP contribution in [-0.4, -0.2) is 139 Å². The van der Waals surface area contributed by atoms with Gasteiger partial charge in [-0.25, -0.2) is 27.8 Å². The molecule has 3 amide bonds. The third kappa shape index (κ3) is 11.8. The average molecular weight is 1230 g/mol. The largest absolute Gasteiger partial charge is 0.459 e. The molecule has 1 fully saturated rings. The third-order valence-electron chi connectivity index (χ3n) is 16.8. The Balaban J connectivity index is 0.831. The van der Waals surface area contributed by atoms with Gasteiger partial charge in [-0.1, -0.05) is 75.4 Å². The number of sulfone groups is 1. The standard InChI is InChI=1S/C63H65N5O19S/c1-8-63(76)47-23-50-55-43(25-68(50)58(72)46(47)30-80-60(63)73)44(42-22-52-53(84-32-83-52)24-48(42)65-55)28-79-31-67(19-20-88(7,77)78)62(75)81-27-37-17-18-51(86-59-57(85-36(5)70)34(3)33(2)56(87-59)35(4)69)49(21-37)64-54(71)26-66(6)61(74)82-29-45-40-15-11-9-13-38(40)39-14-10-12-16-41(39)45/h9-18,21-24,33-34,45,56-57,59,76H,8,19-20,25-32H2,1-7H3,(H,64,71)/t33-,34-,56?,57?,59+,63-/m0/s1. The number of nitrogens with zero attached hydrogens (tertiary/aromatic N) is 4. The van der Waals surface area contributed by atoms with Gasteiger partial charge in [0, 0.05) is 61.2 Å². The molecule has 4 aliphatic heterocycles. The zero-order valence-electron chi connectivity index (χ0n) is 49.3. The first-order chi connectivity index (χ1) is 42.0. The number of pyridine rings is 2. The Morgan fingerprint density at radius 1 is 0.864 bits per heavy atom. The smallest absolute Gasteiger partial charge is 0.411 e. The predicted molar refractivity (Wildman–Crippen MR) is 314 cm³/mol. The molecule has 0 radical (unpaired) electrons. The molecule has 25 heteroatoms. The normalized spacial score (nSPS) is 20.4. The third-order valence-corrected chi connectivity index (χ3v) is 17.7. The monoisotopic (exact) mass is 1230 g/mol. The van der Waals surface area contributed by atoms with E-state index >= 15 is 0 Å². The highest BCUT2D eigenvalue weighted by Crippen LogP contribution is 2.46. The topological polar surface area (TPSA) is 293 Å². The van der Waals surface area contributed by atoms with E-state index < -0.39 is 101 Å². The van der Waals surface area contributed by atoms with Crippen LogP contribution < -0.4 is 25.1 Å². The summed E-state index contributed by atoms with van der Waals surface area (Å²) >= 11 is 0. The van der Waals surface area contributed by atoms with Crippen molar-refractivity contribution in [3.8, 4) is 39.8 Å². The van der Waals surface area contributed by atoms with E-state index in [1.165, 1.54) is 43.7 Å². The van der Waals surface area contributed by atoms with Crippen LogP contribution in [-0.2, 0) is 89.4 Å². The summed E-state index contributed by atoms with van der Waals surface area (Å²) < 4.78 is 79.4. The molecule has 24 nitrogen and oxygen atoms in total. The first-order valence-corrected chi connectivity index (χ1v) is 30.7. The summed E-state index contributed by atoms with van der Waals surface area (Å²) in [6.45, 7) is 5.37. The molecule has 11 rings (SSSR count). The molecule has 0 saturated carbocycles. The molecule has 2 unspecified atom stereocenters. The number of carbonyl (C=O) groups is 6. The van der Waals surface area contributed by atoms with Gasteiger partial charge >= 0.3 is 24.1 Å². The van der Waals surface area contributed by atoms with Crippen molar-refractivity contribution >= 4 is 62.2 Å². The van der Waals surface area contributed by atoms with E-state index in [1.807, 2.05) is 48.5 Å². The second kappa shape index (κ2) is 24.3. The summed E-state index contributed by atoms with van der Waals surface area (Å²) in [6.07, 6.45) is -4.11. The molecule has 6 aromatic rings. The van der Waals surface area contributed by atoms with Gasteiger partial charge in [-0.2, -0.15) is 0 Å². The van der Waals surface area contributed by atoms with Crippen LogP contribution in [0.4, 0.5) is 15.3 Å². The van der Waals surface area contributed by atoms with Crippen molar-refractivity contribution < 1.29 is 84.9 Å². The maximum atomic E-state index is 14.2. The van der Waals surface area contributed by atoms with E-state index in [4.69, 9.17) is 47.6 Å². The summed E-state index contributed by atoms with van der Waals surface area (Å²) in [5.41, 5.74) is 4.30. The number of fused-ring (bicyclic) bond motifs is 9. The molecule has 6 heterocycles. The number of anilines is 1. The van der Waals surface area contributed by atoms with Gasteiger partial charge in [-0.3, -0.25) is 24.1 Å². The van der Waals surface area contributed by atoms with Gasteiger partial charge in [0.25, 0.3) is 5.56 Å². The van der Waals surface area contributed by atoms with Crippen molar-refractivity contribution in [3.63, 3.8) is 0 Å². The Bertz CT molecular complexity index is 3970. The lowest BCUT2D eigenvalue weighted by Gasteiger charge is -2.42. The summed E-state index contributed by atoms with van der Waals surface area (Å²) in [4.78, 5) is 101. The van der Waals surface area contributed by atoms with Gasteiger partial charge in [0.05, 0.1) is 47.1 Å². The Morgan fingerprint density at radius 2 is 1.57 bits per heavy atom. The van der Waals surface area contributed by atoms with E-state index in [0.29, 0.717) is 44.9 Å². The molecular weight excluding hydrogens is 1160 g/mol. The highest BCUT2D eigenvalue weighted by atomic mass is 32.2. The second-order valence-corrected chi connectivity index (χ2v) is 24.9. The van der Waals surface area contributed by atoms with Gasteiger partial charge in [0.1, 0.15) is 54.8 Å². The summed E-state index contributed by atoms with van der Waals surface area (Å²) in [6, 6.07) is 25.1. The van der Waals surface area contributed by atoms with Crippen molar-refractivity contribution in [2.75, 3.05) is 57.6 Å².